The van der Waals surface area contributed by atoms with Crippen molar-refractivity contribution < 1.29 is 0 Å². The zero-order valence-corrected chi connectivity index (χ0v) is 9.83. The lowest BCUT2D eigenvalue weighted by Gasteiger charge is -2.13. The Labute approximate surface area is 82.2 Å². The molecule has 1 rings (SSSR count). The molecule has 0 aromatic rings. The van der Waals surface area contributed by atoms with E-state index < -0.39 is 8.07 Å². The van der Waals surface area contributed by atoms with Crippen molar-refractivity contribution in [3.8, 4) is 11.5 Å². The fourth-order valence-electron chi connectivity index (χ4n) is 0.991. The minimum absolute atomic E-state index is 0.811. The van der Waals surface area contributed by atoms with E-state index in [0.717, 1.165) is 6.54 Å². The molecule has 71 valence electrons. The fraction of sp³-hybridized carbons (Fsp3) is 0.500. The van der Waals surface area contributed by atoms with Crippen molar-refractivity contribution in [2.75, 3.05) is 13.6 Å². The first-order valence-corrected chi connectivity index (χ1v) is 7.98. The van der Waals surface area contributed by atoms with Gasteiger partial charge in [0.25, 0.3) is 0 Å². The van der Waals surface area contributed by atoms with E-state index in [4.69, 9.17) is 0 Å². The van der Waals surface area contributed by atoms with Crippen LogP contribution in [-0.2, 0) is 0 Å². The molecule has 1 radical (unpaired) electrons. The molecule has 0 saturated heterocycles. The number of hydrogen-bond acceptors (Lipinski definition) is 2. The Balaban J connectivity index is 2.34. The van der Waals surface area contributed by atoms with Crippen LogP contribution in [0.1, 0.15) is 0 Å². The maximum Gasteiger partial charge on any atom is 0.141 e. The number of rotatable bonds is 1. The van der Waals surface area contributed by atoms with Gasteiger partial charge in [0.2, 0.25) is 0 Å². The molecule has 0 aromatic heterocycles. The summed E-state index contributed by atoms with van der Waals surface area (Å²) in [6.45, 7) is 9.63. The van der Waals surface area contributed by atoms with Crippen molar-refractivity contribution in [3.63, 3.8) is 0 Å². The molecule has 13 heavy (non-hydrogen) atoms. The van der Waals surface area contributed by atoms with Gasteiger partial charge in [0.15, 0.2) is 0 Å². The van der Waals surface area contributed by atoms with Crippen LogP contribution in [0.2, 0.25) is 19.6 Å². The summed E-state index contributed by atoms with van der Waals surface area (Å²) in [6, 6.07) is 0. The molecule has 3 heteroatoms. The molecule has 1 heterocycles. The Hall–Kier alpha value is -0.883. The van der Waals surface area contributed by atoms with Crippen LogP contribution in [0.15, 0.2) is 12.4 Å². The van der Waals surface area contributed by atoms with E-state index in [-0.39, 0.29) is 0 Å². The third-order valence-electron chi connectivity index (χ3n) is 1.55. The van der Waals surface area contributed by atoms with Crippen molar-refractivity contribution in [1.29, 1.82) is 0 Å². The van der Waals surface area contributed by atoms with E-state index in [2.05, 4.69) is 36.0 Å². The molecule has 0 amide bonds. The van der Waals surface area contributed by atoms with Crippen molar-refractivity contribution in [2.24, 2.45) is 0 Å². The highest BCUT2D eigenvalue weighted by Crippen LogP contribution is 2.06. The Morgan fingerprint density at radius 2 is 1.92 bits per heavy atom. The highest BCUT2D eigenvalue weighted by Gasteiger charge is 2.09. The standard InChI is InChI=1S/C10H17N2Si/c1-11-7-8-12(10-11)6-5-9-13(2,3)4/h7-8,10H,6H2,1-4H3. The maximum absolute atomic E-state index is 3.34. The predicted molar refractivity (Wildman–Crippen MR) is 59.0 cm³/mol. The summed E-state index contributed by atoms with van der Waals surface area (Å²) in [5.74, 6) is 3.22. The molecule has 0 N–H and O–H groups in total. The molecule has 0 unspecified atom stereocenters. The SMILES string of the molecule is CN1[CH]N(CC#C[Si](C)(C)C)C=C1. The van der Waals surface area contributed by atoms with E-state index in [1.54, 1.807) is 0 Å². The molecular formula is C10H17N2Si. The van der Waals surface area contributed by atoms with Crippen LogP contribution in [0.25, 0.3) is 0 Å². The summed E-state index contributed by atoms with van der Waals surface area (Å²) < 4.78 is 0. The second-order valence-electron chi connectivity index (χ2n) is 4.30. The summed E-state index contributed by atoms with van der Waals surface area (Å²) in [6.07, 6.45) is 4.06. The van der Waals surface area contributed by atoms with E-state index >= 15 is 0 Å². The molecular weight excluding hydrogens is 176 g/mol. The van der Waals surface area contributed by atoms with Gasteiger partial charge >= 0.3 is 0 Å². The van der Waals surface area contributed by atoms with Crippen molar-refractivity contribution in [1.82, 2.24) is 9.80 Å². The van der Waals surface area contributed by atoms with Gasteiger partial charge in [0, 0.05) is 19.4 Å². The number of hydrogen-bond donors (Lipinski definition) is 0. The van der Waals surface area contributed by atoms with Crippen LogP contribution in [0, 0.1) is 18.1 Å². The third-order valence-corrected chi connectivity index (χ3v) is 2.48. The molecule has 0 fully saturated rings. The van der Waals surface area contributed by atoms with Crippen LogP contribution in [0.3, 0.4) is 0 Å². The number of nitrogens with zero attached hydrogens (tertiary/aromatic N) is 2. The largest absolute Gasteiger partial charge is 0.356 e. The average molecular weight is 193 g/mol. The molecule has 1 aliphatic rings. The average Bonchev–Trinajstić information content (AvgIpc) is 2.33. The van der Waals surface area contributed by atoms with E-state index in [9.17, 15) is 0 Å². The van der Waals surface area contributed by atoms with Gasteiger partial charge in [-0.1, -0.05) is 25.6 Å². The molecule has 2 nitrogen and oxygen atoms in total. The van der Waals surface area contributed by atoms with E-state index in [0.29, 0.717) is 0 Å². The van der Waals surface area contributed by atoms with Gasteiger partial charge in [-0.15, -0.1) is 5.54 Å². The highest BCUT2D eigenvalue weighted by atomic mass is 28.3. The summed E-state index contributed by atoms with van der Waals surface area (Å²) in [4.78, 5) is 4.11. The van der Waals surface area contributed by atoms with Crippen LogP contribution >= 0.6 is 0 Å². The van der Waals surface area contributed by atoms with Gasteiger partial charge in [0.1, 0.15) is 14.7 Å². The summed E-state index contributed by atoms with van der Waals surface area (Å²) in [5.41, 5.74) is 3.34. The Kier molecular flexibility index (Phi) is 3.05. The molecule has 0 bridgehead atoms. The second kappa shape index (κ2) is 3.88. The van der Waals surface area contributed by atoms with Crippen LogP contribution in [-0.4, -0.2) is 31.5 Å². The zero-order chi connectivity index (χ0) is 9.90. The van der Waals surface area contributed by atoms with Gasteiger partial charge < -0.3 is 9.80 Å². The van der Waals surface area contributed by atoms with Gasteiger partial charge in [0.05, 0.1) is 6.54 Å². The normalized spacial score (nSPS) is 16.0. The third kappa shape index (κ3) is 4.04. The van der Waals surface area contributed by atoms with Crippen molar-refractivity contribution in [3.05, 3.63) is 19.1 Å². The topological polar surface area (TPSA) is 6.48 Å². The minimum Gasteiger partial charge on any atom is -0.356 e. The van der Waals surface area contributed by atoms with E-state index in [1.807, 2.05) is 31.0 Å². The van der Waals surface area contributed by atoms with Crippen LogP contribution < -0.4 is 0 Å². The summed E-state index contributed by atoms with van der Waals surface area (Å²) in [7, 11) is 0.831. The Morgan fingerprint density at radius 1 is 1.23 bits per heavy atom. The first-order valence-electron chi connectivity index (χ1n) is 4.48. The van der Waals surface area contributed by atoms with Gasteiger partial charge in [-0.3, -0.25) is 0 Å². The van der Waals surface area contributed by atoms with Crippen LogP contribution in [0.4, 0.5) is 0 Å². The highest BCUT2D eigenvalue weighted by molar-refractivity contribution is 6.83. The Morgan fingerprint density at radius 3 is 2.38 bits per heavy atom. The molecule has 0 aliphatic carbocycles. The lowest BCUT2D eigenvalue weighted by Crippen LogP contribution is -2.19. The first-order chi connectivity index (χ1) is 5.97. The van der Waals surface area contributed by atoms with E-state index in [1.165, 1.54) is 0 Å². The smallest absolute Gasteiger partial charge is 0.141 e. The van der Waals surface area contributed by atoms with Gasteiger partial charge in [-0.2, -0.15) is 0 Å². The lowest BCUT2D eigenvalue weighted by molar-refractivity contribution is 0.412. The van der Waals surface area contributed by atoms with Crippen molar-refractivity contribution >= 4 is 8.07 Å². The monoisotopic (exact) mass is 193 g/mol. The van der Waals surface area contributed by atoms with Crippen molar-refractivity contribution in [2.45, 2.75) is 19.6 Å². The lowest BCUT2D eigenvalue weighted by atomic mass is 10.6. The summed E-state index contributed by atoms with van der Waals surface area (Å²) in [5, 5.41) is 0. The molecule has 0 atom stereocenters. The molecule has 0 aromatic carbocycles. The zero-order valence-electron chi connectivity index (χ0n) is 8.83. The minimum atomic E-state index is -1.19. The fourth-order valence-corrected chi connectivity index (χ4v) is 1.60. The van der Waals surface area contributed by atoms with Crippen LogP contribution in [0.5, 0.6) is 0 Å². The summed E-state index contributed by atoms with van der Waals surface area (Å²) >= 11 is 0. The first kappa shape index (κ1) is 10.2. The molecule has 0 spiro atoms. The molecule has 0 saturated carbocycles. The second-order valence-corrected chi connectivity index (χ2v) is 9.05. The van der Waals surface area contributed by atoms with Gasteiger partial charge in [-0.25, -0.2) is 0 Å². The maximum atomic E-state index is 3.34. The van der Waals surface area contributed by atoms with Gasteiger partial charge in [-0.05, 0) is 0 Å². The Bertz CT molecular complexity index is 254. The predicted octanol–water partition coefficient (Wildman–Crippen LogP) is 1.71. The quantitative estimate of drug-likeness (QED) is 0.462. The molecule has 1 aliphatic heterocycles.